The molecule has 9 nitrogen and oxygen atoms in total. The Morgan fingerprint density at radius 2 is 2.00 bits per heavy atom. The number of aromatic nitrogens is 1. The number of nitrogens with one attached hydrogen (secondary N) is 2. The van der Waals surface area contributed by atoms with Crippen LogP contribution in [0.5, 0.6) is 0 Å². The van der Waals surface area contributed by atoms with Gasteiger partial charge < -0.3 is 25.4 Å². The quantitative estimate of drug-likeness (QED) is 0.468. The van der Waals surface area contributed by atoms with Crippen molar-refractivity contribution in [1.82, 2.24) is 20.5 Å². The maximum Gasteiger partial charge on any atom is 0.243 e. The lowest BCUT2D eigenvalue weighted by Gasteiger charge is -2.35. The van der Waals surface area contributed by atoms with Crippen LogP contribution in [0.2, 0.25) is 0 Å². The molecule has 2 aromatic rings. The molecule has 0 radical (unpaired) electrons. The van der Waals surface area contributed by atoms with Crippen molar-refractivity contribution < 1.29 is 24.2 Å². The maximum absolute atomic E-state index is 13.7. The molecular weight excluding hydrogens is 504 g/mol. The van der Waals surface area contributed by atoms with Crippen molar-refractivity contribution in [3.05, 3.63) is 41.0 Å². The average Bonchev–Trinajstić information content (AvgIpc) is 3.50. The molecule has 2 aliphatic heterocycles. The van der Waals surface area contributed by atoms with E-state index in [9.17, 15) is 19.5 Å². The van der Waals surface area contributed by atoms with Crippen molar-refractivity contribution in [2.24, 2.45) is 11.3 Å². The van der Waals surface area contributed by atoms with E-state index in [1.165, 1.54) is 4.90 Å². The van der Waals surface area contributed by atoms with E-state index >= 15 is 0 Å². The third-order valence-corrected chi connectivity index (χ3v) is 8.33. The average molecular weight is 543 g/mol. The van der Waals surface area contributed by atoms with Crippen LogP contribution in [0.3, 0.4) is 0 Å². The number of nitrogens with zero attached hydrogens (tertiary/aromatic N) is 2. The maximum atomic E-state index is 13.7. The number of hydrogen-bond acceptors (Lipinski definition) is 8. The molecule has 0 aliphatic carbocycles. The molecule has 1 aromatic heterocycles. The Kier molecular flexibility index (Phi) is 8.97. The molecule has 0 bridgehead atoms. The molecule has 4 atom stereocenters. The van der Waals surface area contributed by atoms with Crippen molar-refractivity contribution in [3.8, 4) is 10.4 Å². The smallest absolute Gasteiger partial charge is 0.243 e. The predicted molar refractivity (Wildman–Crippen MR) is 145 cm³/mol. The molecular formula is C28H38N4O5S. The van der Waals surface area contributed by atoms with Crippen molar-refractivity contribution in [2.45, 2.75) is 65.3 Å². The van der Waals surface area contributed by atoms with Gasteiger partial charge in [0.15, 0.2) is 5.78 Å². The zero-order valence-corrected chi connectivity index (χ0v) is 23.3. The van der Waals surface area contributed by atoms with E-state index in [1.807, 2.05) is 57.5 Å². The number of Topliss-reactive ketones (excluding diaryl/α,β-unsaturated/α-hetero) is 1. The first kappa shape index (κ1) is 28.4. The van der Waals surface area contributed by atoms with E-state index in [4.69, 9.17) is 4.74 Å². The number of benzene rings is 1. The van der Waals surface area contributed by atoms with Gasteiger partial charge in [-0.1, -0.05) is 45.0 Å². The highest BCUT2D eigenvalue weighted by molar-refractivity contribution is 7.13. The van der Waals surface area contributed by atoms with Crippen LogP contribution in [-0.4, -0.2) is 77.1 Å². The summed E-state index contributed by atoms with van der Waals surface area (Å²) in [6, 6.07) is 6.73. The summed E-state index contributed by atoms with van der Waals surface area (Å²) in [6.07, 6.45) is -0.568. The van der Waals surface area contributed by atoms with Crippen molar-refractivity contribution in [2.75, 3.05) is 26.3 Å². The lowest BCUT2D eigenvalue weighted by molar-refractivity contribution is -0.146. The molecule has 10 heteroatoms. The fourth-order valence-corrected chi connectivity index (χ4v) is 5.86. The molecule has 0 unspecified atom stereocenters. The van der Waals surface area contributed by atoms with E-state index < -0.39 is 29.5 Å². The standard InChI is InChI=1S/C28H38N4O5S/c1-17-25(38-16-31-17)19-7-5-18(6-8-19)13-30-26(35)23-11-20(33)14-32(23)27(36)21(28(2,3)4)12-24(34)22-15-37-10-9-29-22/h5-8,16,20-23,29,33H,9-15H2,1-4H3,(H,30,35)/t20-,21-,22-,23+/m1/s1. The summed E-state index contributed by atoms with van der Waals surface area (Å²) in [5, 5.41) is 16.5. The van der Waals surface area contributed by atoms with Crippen LogP contribution in [0, 0.1) is 18.3 Å². The zero-order valence-electron chi connectivity index (χ0n) is 22.5. The van der Waals surface area contributed by atoms with Crippen molar-refractivity contribution in [1.29, 1.82) is 0 Å². The Morgan fingerprint density at radius 3 is 2.61 bits per heavy atom. The number of morpholine rings is 1. The lowest BCUT2D eigenvalue weighted by Crippen LogP contribution is -2.52. The first-order chi connectivity index (χ1) is 18.0. The van der Waals surface area contributed by atoms with Gasteiger partial charge in [-0.2, -0.15) is 0 Å². The van der Waals surface area contributed by atoms with Crippen LogP contribution < -0.4 is 10.6 Å². The second-order valence-corrected chi connectivity index (χ2v) is 12.1. The normalized spacial score (nSPS) is 22.8. The van der Waals surface area contributed by atoms with Crippen molar-refractivity contribution >= 4 is 28.9 Å². The summed E-state index contributed by atoms with van der Waals surface area (Å²) in [4.78, 5) is 46.8. The monoisotopic (exact) mass is 542 g/mol. The summed E-state index contributed by atoms with van der Waals surface area (Å²) in [5.74, 6) is -1.28. The number of aliphatic hydroxyl groups excluding tert-OH is 1. The number of carbonyl (C=O) groups is 3. The van der Waals surface area contributed by atoms with E-state index in [0.717, 1.165) is 21.7 Å². The van der Waals surface area contributed by atoms with Crippen LogP contribution in [0.1, 0.15) is 44.9 Å². The summed E-state index contributed by atoms with van der Waals surface area (Å²) in [6.45, 7) is 9.58. The number of thiazole rings is 1. The number of β-amino-alcohol motifs (C(OH)–C–C–N with tert-alkyl or cyclic N) is 1. The van der Waals surface area contributed by atoms with Gasteiger partial charge >= 0.3 is 0 Å². The van der Waals surface area contributed by atoms with Crippen LogP contribution in [-0.2, 0) is 25.7 Å². The molecule has 2 saturated heterocycles. The number of aryl methyl sites for hydroxylation is 1. The number of likely N-dealkylation sites (tertiary alicyclic amines) is 1. The van der Waals surface area contributed by atoms with Gasteiger partial charge in [-0.15, -0.1) is 11.3 Å². The van der Waals surface area contributed by atoms with Crippen LogP contribution >= 0.6 is 11.3 Å². The van der Waals surface area contributed by atoms with Gasteiger partial charge in [0.25, 0.3) is 0 Å². The van der Waals surface area contributed by atoms with E-state index in [0.29, 0.717) is 26.3 Å². The van der Waals surface area contributed by atoms with Gasteiger partial charge in [-0.3, -0.25) is 14.4 Å². The largest absolute Gasteiger partial charge is 0.391 e. The van der Waals surface area contributed by atoms with Crippen LogP contribution in [0.4, 0.5) is 0 Å². The molecule has 206 valence electrons. The Morgan fingerprint density at radius 1 is 1.26 bits per heavy atom. The fourth-order valence-electron chi connectivity index (χ4n) is 5.05. The molecule has 2 fully saturated rings. The molecule has 3 heterocycles. The summed E-state index contributed by atoms with van der Waals surface area (Å²) >= 11 is 1.59. The van der Waals surface area contributed by atoms with E-state index in [-0.39, 0.29) is 37.0 Å². The number of ketones is 1. The van der Waals surface area contributed by atoms with Gasteiger partial charge in [0.2, 0.25) is 11.8 Å². The van der Waals surface area contributed by atoms with Gasteiger partial charge in [0, 0.05) is 38.4 Å². The minimum atomic E-state index is -0.790. The molecule has 3 N–H and O–H groups in total. The Labute approximate surface area is 228 Å². The number of aliphatic hydroxyl groups is 1. The molecule has 2 amide bonds. The fraction of sp³-hybridized carbons (Fsp3) is 0.571. The van der Waals surface area contributed by atoms with Gasteiger partial charge in [-0.05, 0) is 23.5 Å². The summed E-state index contributed by atoms with van der Waals surface area (Å²) < 4.78 is 5.42. The Balaban J connectivity index is 1.41. The predicted octanol–water partition coefficient (Wildman–Crippen LogP) is 2.31. The van der Waals surface area contributed by atoms with Gasteiger partial charge in [-0.25, -0.2) is 4.98 Å². The molecule has 1 aromatic carbocycles. The molecule has 38 heavy (non-hydrogen) atoms. The van der Waals surface area contributed by atoms with Gasteiger partial charge in [0.05, 0.1) is 41.4 Å². The molecule has 0 spiro atoms. The minimum absolute atomic E-state index is 0.0515. The number of ether oxygens (including phenoxy) is 1. The van der Waals surface area contributed by atoms with Crippen molar-refractivity contribution in [3.63, 3.8) is 0 Å². The third-order valence-electron chi connectivity index (χ3n) is 7.35. The highest BCUT2D eigenvalue weighted by atomic mass is 32.1. The topological polar surface area (TPSA) is 121 Å². The number of rotatable bonds is 8. The van der Waals surface area contributed by atoms with Crippen LogP contribution in [0.25, 0.3) is 10.4 Å². The molecule has 2 aliphatic rings. The first-order valence-corrected chi connectivity index (χ1v) is 14.0. The number of hydrogen-bond donors (Lipinski definition) is 3. The third kappa shape index (κ3) is 6.66. The van der Waals surface area contributed by atoms with E-state index in [1.54, 1.807) is 11.3 Å². The summed E-state index contributed by atoms with van der Waals surface area (Å²) in [5.41, 5.74) is 4.31. The lowest BCUT2D eigenvalue weighted by atomic mass is 9.76. The Hall–Kier alpha value is -2.66. The molecule has 4 rings (SSSR count). The first-order valence-electron chi connectivity index (χ1n) is 13.1. The SMILES string of the molecule is Cc1ncsc1-c1ccc(CNC(=O)[C@@H]2C[C@@H](O)CN2C(=O)[C@@H](CC(=O)[C@H]2COCCN2)C(C)(C)C)cc1. The van der Waals surface area contributed by atoms with Gasteiger partial charge in [0.1, 0.15) is 6.04 Å². The van der Waals surface area contributed by atoms with E-state index in [2.05, 4.69) is 15.6 Å². The van der Waals surface area contributed by atoms with Crippen LogP contribution in [0.15, 0.2) is 29.8 Å². The highest BCUT2D eigenvalue weighted by Crippen LogP contribution is 2.34. The number of amides is 2. The minimum Gasteiger partial charge on any atom is -0.391 e. The second kappa shape index (κ2) is 12.0. The molecule has 0 saturated carbocycles. The Bertz CT molecular complexity index is 1140. The highest BCUT2D eigenvalue weighted by Gasteiger charge is 2.45. The number of carbonyl (C=O) groups excluding carboxylic acids is 3. The second-order valence-electron chi connectivity index (χ2n) is 11.2. The zero-order chi connectivity index (χ0) is 27.4. The summed E-state index contributed by atoms with van der Waals surface area (Å²) in [7, 11) is 0.